The molecule has 0 saturated carbocycles. The standard InChI is InChI=1S/C27H40O5/c1-3-4-5-6-7-8-9-10-11-12-13-14-15-16-17-18-19-20-21-22-27(30)32-26(23-28)24-31-25(2)29/h4-5,7-8,10-11,13-14,16-17,19-20,26,28H,3,6,9,12,15,18,21-24H2,1-2H3/b5-4-,8-7-,11-10-,14-13-,17-16-,20-19-. The first-order valence-electron chi connectivity index (χ1n) is 11.4. The Morgan fingerprint density at radius 2 is 1.19 bits per heavy atom. The van der Waals surface area contributed by atoms with Crippen LogP contribution in [0.15, 0.2) is 72.9 Å². The summed E-state index contributed by atoms with van der Waals surface area (Å²) in [4.78, 5) is 22.4. The quantitative estimate of drug-likeness (QED) is 0.209. The van der Waals surface area contributed by atoms with Crippen molar-refractivity contribution in [3.63, 3.8) is 0 Å². The van der Waals surface area contributed by atoms with Crippen LogP contribution in [-0.4, -0.2) is 36.4 Å². The second kappa shape index (κ2) is 23.0. The van der Waals surface area contributed by atoms with Crippen molar-refractivity contribution in [1.82, 2.24) is 0 Å². The number of aliphatic hydroxyl groups excluding tert-OH is 1. The molecule has 1 unspecified atom stereocenters. The van der Waals surface area contributed by atoms with Crippen LogP contribution in [0.5, 0.6) is 0 Å². The Morgan fingerprint density at radius 1 is 0.750 bits per heavy atom. The van der Waals surface area contributed by atoms with E-state index in [1.54, 1.807) is 0 Å². The average Bonchev–Trinajstić information content (AvgIpc) is 2.78. The Hall–Kier alpha value is -2.66. The molecular formula is C27H40O5. The molecule has 0 amide bonds. The first-order valence-corrected chi connectivity index (χ1v) is 11.4. The van der Waals surface area contributed by atoms with E-state index < -0.39 is 18.0 Å². The molecular weight excluding hydrogens is 404 g/mol. The number of ether oxygens (including phenoxy) is 2. The fourth-order valence-electron chi connectivity index (χ4n) is 2.42. The Labute approximate surface area is 193 Å². The van der Waals surface area contributed by atoms with Gasteiger partial charge in [-0.15, -0.1) is 0 Å². The van der Waals surface area contributed by atoms with Gasteiger partial charge in [-0.1, -0.05) is 79.8 Å². The normalized spacial score (nSPS) is 13.5. The predicted molar refractivity (Wildman–Crippen MR) is 131 cm³/mol. The summed E-state index contributed by atoms with van der Waals surface area (Å²) in [6, 6.07) is 0. The molecule has 0 aliphatic heterocycles. The van der Waals surface area contributed by atoms with Crippen molar-refractivity contribution in [2.45, 2.75) is 71.3 Å². The SMILES string of the molecule is CC/C=C\C/C=C\C/C=C\C/C=C\C/C=C\C/C=C\CCC(=O)OC(CO)COC(C)=O. The van der Waals surface area contributed by atoms with E-state index >= 15 is 0 Å². The third kappa shape index (κ3) is 22.0. The van der Waals surface area contributed by atoms with Crippen LogP contribution in [0, 0.1) is 0 Å². The van der Waals surface area contributed by atoms with E-state index in [0.29, 0.717) is 6.42 Å². The molecule has 0 aromatic heterocycles. The Bertz CT molecular complexity index is 653. The maximum Gasteiger partial charge on any atom is 0.306 e. The molecule has 32 heavy (non-hydrogen) atoms. The first kappa shape index (κ1) is 29.3. The van der Waals surface area contributed by atoms with E-state index in [1.807, 2.05) is 12.2 Å². The van der Waals surface area contributed by atoms with Gasteiger partial charge in [0.15, 0.2) is 6.10 Å². The minimum absolute atomic E-state index is 0.127. The molecule has 0 saturated heterocycles. The van der Waals surface area contributed by atoms with Crippen LogP contribution >= 0.6 is 0 Å². The number of hydrogen-bond acceptors (Lipinski definition) is 5. The zero-order chi connectivity index (χ0) is 23.7. The number of rotatable bonds is 18. The van der Waals surface area contributed by atoms with Crippen LogP contribution in [0.3, 0.4) is 0 Å². The van der Waals surface area contributed by atoms with E-state index in [9.17, 15) is 9.59 Å². The first-order chi connectivity index (χ1) is 15.6. The van der Waals surface area contributed by atoms with Gasteiger partial charge in [0.05, 0.1) is 6.61 Å². The lowest BCUT2D eigenvalue weighted by molar-refractivity contribution is -0.160. The van der Waals surface area contributed by atoms with Crippen molar-refractivity contribution in [2.24, 2.45) is 0 Å². The van der Waals surface area contributed by atoms with E-state index in [0.717, 1.165) is 38.5 Å². The largest absolute Gasteiger partial charge is 0.462 e. The van der Waals surface area contributed by atoms with Crippen LogP contribution in [0.1, 0.15) is 65.2 Å². The predicted octanol–water partition coefficient (Wildman–Crippen LogP) is 5.93. The monoisotopic (exact) mass is 444 g/mol. The molecule has 0 aromatic carbocycles. The molecule has 0 fully saturated rings. The minimum atomic E-state index is -0.809. The molecule has 178 valence electrons. The van der Waals surface area contributed by atoms with Gasteiger partial charge in [0.2, 0.25) is 0 Å². The van der Waals surface area contributed by atoms with E-state index in [1.165, 1.54) is 6.92 Å². The summed E-state index contributed by atoms with van der Waals surface area (Å²) in [5.74, 6) is -0.895. The fraction of sp³-hybridized carbons (Fsp3) is 0.481. The van der Waals surface area contributed by atoms with Crippen LogP contribution < -0.4 is 0 Å². The number of esters is 2. The molecule has 5 nitrogen and oxygen atoms in total. The zero-order valence-corrected chi connectivity index (χ0v) is 19.7. The highest BCUT2D eigenvalue weighted by Crippen LogP contribution is 2.02. The fourth-order valence-corrected chi connectivity index (χ4v) is 2.42. The van der Waals surface area contributed by atoms with Gasteiger partial charge in [-0.05, 0) is 44.9 Å². The van der Waals surface area contributed by atoms with Gasteiger partial charge >= 0.3 is 11.9 Å². The summed E-state index contributed by atoms with van der Waals surface area (Å²) in [5, 5.41) is 9.12. The second-order valence-corrected chi connectivity index (χ2v) is 7.05. The molecule has 0 heterocycles. The van der Waals surface area contributed by atoms with Crippen molar-refractivity contribution in [2.75, 3.05) is 13.2 Å². The lowest BCUT2D eigenvalue weighted by Crippen LogP contribution is -2.27. The van der Waals surface area contributed by atoms with Gasteiger partial charge in [0.1, 0.15) is 6.61 Å². The third-order valence-electron chi connectivity index (χ3n) is 4.09. The smallest absolute Gasteiger partial charge is 0.306 e. The number of allylic oxidation sites excluding steroid dienone is 12. The summed E-state index contributed by atoms with van der Waals surface area (Å²) in [5.41, 5.74) is 0. The topological polar surface area (TPSA) is 72.8 Å². The Kier molecular flexibility index (Phi) is 21.1. The molecule has 0 aliphatic carbocycles. The number of carbonyl (C=O) groups excluding carboxylic acids is 2. The Morgan fingerprint density at radius 3 is 1.59 bits per heavy atom. The molecule has 0 aromatic rings. The van der Waals surface area contributed by atoms with E-state index in [2.05, 4.69) is 67.7 Å². The maximum atomic E-state index is 11.7. The van der Waals surface area contributed by atoms with Gasteiger partial charge in [-0.3, -0.25) is 9.59 Å². The van der Waals surface area contributed by atoms with Crippen molar-refractivity contribution >= 4 is 11.9 Å². The molecule has 0 bridgehead atoms. The molecule has 0 rings (SSSR count). The highest BCUT2D eigenvalue weighted by molar-refractivity contribution is 5.70. The van der Waals surface area contributed by atoms with Gasteiger partial charge in [-0.25, -0.2) is 0 Å². The minimum Gasteiger partial charge on any atom is -0.462 e. The van der Waals surface area contributed by atoms with Crippen molar-refractivity contribution in [1.29, 1.82) is 0 Å². The second-order valence-electron chi connectivity index (χ2n) is 7.05. The van der Waals surface area contributed by atoms with Crippen LogP contribution in [0.2, 0.25) is 0 Å². The van der Waals surface area contributed by atoms with Gasteiger partial charge < -0.3 is 14.6 Å². The molecule has 1 N–H and O–H groups in total. The van der Waals surface area contributed by atoms with Crippen molar-refractivity contribution in [3.05, 3.63) is 72.9 Å². The molecule has 1 atom stereocenters. The van der Waals surface area contributed by atoms with Gasteiger partial charge in [0, 0.05) is 13.3 Å². The number of hydrogen-bond donors (Lipinski definition) is 1. The number of carbonyl (C=O) groups is 2. The van der Waals surface area contributed by atoms with Gasteiger partial charge in [-0.2, -0.15) is 0 Å². The summed E-state index contributed by atoms with van der Waals surface area (Å²) < 4.78 is 9.79. The maximum absolute atomic E-state index is 11.7. The van der Waals surface area contributed by atoms with Crippen LogP contribution in [0.25, 0.3) is 0 Å². The summed E-state index contributed by atoms with van der Waals surface area (Å²) in [6.07, 6.45) is 31.3. The number of aliphatic hydroxyl groups is 1. The molecule has 5 heteroatoms. The molecule has 0 aliphatic rings. The lowest BCUT2D eigenvalue weighted by atomic mass is 10.2. The van der Waals surface area contributed by atoms with Crippen molar-refractivity contribution in [3.8, 4) is 0 Å². The summed E-state index contributed by atoms with van der Waals surface area (Å²) in [7, 11) is 0. The average molecular weight is 445 g/mol. The summed E-state index contributed by atoms with van der Waals surface area (Å²) in [6.45, 7) is 2.90. The van der Waals surface area contributed by atoms with Crippen LogP contribution in [-0.2, 0) is 19.1 Å². The molecule has 0 spiro atoms. The summed E-state index contributed by atoms with van der Waals surface area (Å²) >= 11 is 0. The highest BCUT2D eigenvalue weighted by atomic mass is 16.6. The lowest BCUT2D eigenvalue weighted by Gasteiger charge is -2.14. The third-order valence-corrected chi connectivity index (χ3v) is 4.09. The van der Waals surface area contributed by atoms with Gasteiger partial charge in [0.25, 0.3) is 0 Å². The Balaban J connectivity index is 3.73. The zero-order valence-electron chi connectivity index (χ0n) is 19.7. The van der Waals surface area contributed by atoms with E-state index in [4.69, 9.17) is 14.6 Å². The molecule has 0 radical (unpaired) electrons. The van der Waals surface area contributed by atoms with Crippen molar-refractivity contribution < 1.29 is 24.2 Å². The highest BCUT2D eigenvalue weighted by Gasteiger charge is 2.14. The van der Waals surface area contributed by atoms with E-state index in [-0.39, 0.29) is 19.6 Å². The van der Waals surface area contributed by atoms with Crippen LogP contribution in [0.4, 0.5) is 0 Å².